The third kappa shape index (κ3) is 4.41. The van der Waals surface area contributed by atoms with Crippen molar-refractivity contribution >= 4 is 11.6 Å². The molecule has 0 radical (unpaired) electrons. The summed E-state index contributed by atoms with van der Waals surface area (Å²) in [5.41, 5.74) is 0.713. The second-order valence-electron chi connectivity index (χ2n) is 7.07. The summed E-state index contributed by atoms with van der Waals surface area (Å²) in [7, 11) is 0. The molecule has 1 saturated heterocycles. The Morgan fingerprint density at radius 3 is 2.38 bits per heavy atom. The number of rotatable bonds is 3. The average molecular weight is 406 g/mol. The van der Waals surface area contributed by atoms with Crippen molar-refractivity contribution in [2.45, 2.75) is 12.6 Å². The van der Waals surface area contributed by atoms with Crippen LogP contribution >= 0.6 is 0 Å². The fraction of sp³-hybridized carbons (Fsp3) is 0.381. The minimum Gasteiger partial charge on any atom is -0.486 e. The predicted octanol–water partition coefficient (Wildman–Crippen LogP) is 3.37. The van der Waals surface area contributed by atoms with Crippen LogP contribution in [0.2, 0.25) is 0 Å². The Kier molecular flexibility index (Phi) is 5.25. The van der Waals surface area contributed by atoms with Crippen LogP contribution in [-0.2, 0) is 17.4 Å². The molecule has 2 aliphatic heterocycles. The first kappa shape index (κ1) is 19.4. The topological polar surface area (TPSA) is 42.0 Å². The van der Waals surface area contributed by atoms with Crippen LogP contribution in [0.5, 0.6) is 11.5 Å². The van der Waals surface area contributed by atoms with Crippen molar-refractivity contribution in [2.24, 2.45) is 0 Å². The van der Waals surface area contributed by atoms with Gasteiger partial charge in [-0.2, -0.15) is 13.2 Å². The Morgan fingerprint density at radius 1 is 0.931 bits per heavy atom. The van der Waals surface area contributed by atoms with Crippen molar-refractivity contribution in [1.82, 2.24) is 4.90 Å². The molecule has 2 heterocycles. The number of nitrogens with zero attached hydrogens (tertiary/aromatic N) is 2. The third-order valence-corrected chi connectivity index (χ3v) is 5.13. The minimum absolute atomic E-state index is 0.00892. The molecule has 2 aromatic carbocycles. The van der Waals surface area contributed by atoms with Crippen molar-refractivity contribution in [3.05, 3.63) is 53.6 Å². The number of anilines is 1. The van der Waals surface area contributed by atoms with E-state index in [1.54, 1.807) is 11.0 Å². The number of hydrogen-bond acceptors (Lipinski definition) is 4. The summed E-state index contributed by atoms with van der Waals surface area (Å²) in [6.07, 6.45) is -4.11. The van der Waals surface area contributed by atoms with E-state index in [2.05, 4.69) is 0 Å². The summed E-state index contributed by atoms with van der Waals surface area (Å²) in [4.78, 5) is 16.3. The van der Waals surface area contributed by atoms with E-state index in [4.69, 9.17) is 9.47 Å². The lowest BCUT2D eigenvalue weighted by Crippen LogP contribution is -2.49. The zero-order chi connectivity index (χ0) is 20.4. The van der Waals surface area contributed by atoms with Crippen LogP contribution in [0.25, 0.3) is 0 Å². The van der Waals surface area contributed by atoms with Gasteiger partial charge in [-0.05, 0) is 35.9 Å². The molecule has 0 aromatic heterocycles. The number of amides is 1. The van der Waals surface area contributed by atoms with Gasteiger partial charge in [0.15, 0.2) is 11.5 Å². The average Bonchev–Trinajstić information content (AvgIpc) is 2.73. The largest absolute Gasteiger partial charge is 0.486 e. The summed E-state index contributed by atoms with van der Waals surface area (Å²) in [6, 6.07) is 10.8. The normalized spacial score (nSPS) is 16.7. The van der Waals surface area contributed by atoms with E-state index in [1.165, 1.54) is 6.07 Å². The molecule has 29 heavy (non-hydrogen) atoms. The number of ether oxygens (including phenoxy) is 2. The van der Waals surface area contributed by atoms with Gasteiger partial charge < -0.3 is 19.3 Å². The van der Waals surface area contributed by atoms with E-state index in [1.807, 2.05) is 23.1 Å². The minimum atomic E-state index is -4.36. The monoisotopic (exact) mass is 406 g/mol. The molecule has 2 aromatic rings. The molecule has 0 N–H and O–H groups in total. The molecule has 0 unspecified atom stereocenters. The molecule has 0 atom stereocenters. The molecule has 4 rings (SSSR count). The Balaban J connectivity index is 1.35. The van der Waals surface area contributed by atoms with Gasteiger partial charge in [0.05, 0.1) is 12.0 Å². The van der Waals surface area contributed by atoms with Crippen molar-refractivity contribution < 1.29 is 27.4 Å². The maximum Gasteiger partial charge on any atom is 0.416 e. The molecule has 0 saturated carbocycles. The van der Waals surface area contributed by atoms with E-state index in [-0.39, 0.29) is 12.3 Å². The van der Waals surface area contributed by atoms with Crippen molar-refractivity contribution in [1.29, 1.82) is 0 Å². The van der Waals surface area contributed by atoms with Crippen LogP contribution < -0.4 is 14.4 Å². The smallest absolute Gasteiger partial charge is 0.416 e. The predicted molar refractivity (Wildman–Crippen MR) is 101 cm³/mol. The summed E-state index contributed by atoms with van der Waals surface area (Å²) >= 11 is 0. The van der Waals surface area contributed by atoms with Crippen molar-refractivity contribution in [3.63, 3.8) is 0 Å². The Hall–Kier alpha value is -2.90. The summed E-state index contributed by atoms with van der Waals surface area (Å²) in [6.45, 7) is 2.94. The fourth-order valence-electron chi connectivity index (χ4n) is 3.58. The first-order valence-electron chi connectivity index (χ1n) is 9.49. The molecule has 2 aliphatic rings. The molecule has 0 spiro atoms. The molecule has 1 amide bonds. The molecular weight excluding hydrogens is 385 g/mol. The lowest BCUT2D eigenvalue weighted by Gasteiger charge is -2.36. The zero-order valence-corrected chi connectivity index (χ0v) is 15.7. The van der Waals surface area contributed by atoms with Gasteiger partial charge in [-0.1, -0.05) is 12.1 Å². The van der Waals surface area contributed by atoms with E-state index in [9.17, 15) is 18.0 Å². The summed E-state index contributed by atoms with van der Waals surface area (Å²) < 4.78 is 49.8. The number of hydrogen-bond donors (Lipinski definition) is 0. The van der Waals surface area contributed by atoms with Crippen LogP contribution in [-0.4, -0.2) is 50.2 Å². The molecule has 8 heteroatoms. The quantitative estimate of drug-likeness (QED) is 0.784. The van der Waals surface area contributed by atoms with Gasteiger partial charge in [0.1, 0.15) is 13.2 Å². The van der Waals surface area contributed by atoms with Gasteiger partial charge in [0.2, 0.25) is 5.91 Å². The van der Waals surface area contributed by atoms with Crippen molar-refractivity contribution in [2.75, 3.05) is 44.3 Å². The van der Waals surface area contributed by atoms with E-state index in [0.717, 1.165) is 17.7 Å². The molecule has 5 nitrogen and oxygen atoms in total. The number of halogens is 3. The van der Waals surface area contributed by atoms with Crippen LogP contribution in [0.1, 0.15) is 11.1 Å². The highest BCUT2D eigenvalue weighted by Crippen LogP contribution is 2.32. The molecule has 154 valence electrons. The second kappa shape index (κ2) is 7.85. The first-order valence-corrected chi connectivity index (χ1v) is 9.49. The van der Waals surface area contributed by atoms with Gasteiger partial charge in [-0.3, -0.25) is 4.79 Å². The third-order valence-electron chi connectivity index (χ3n) is 5.13. The number of benzene rings is 2. The van der Waals surface area contributed by atoms with E-state index < -0.39 is 11.7 Å². The Labute approximate surface area is 166 Å². The Bertz CT molecular complexity index is 893. The van der Waals surface area contributed by atoms with Gasteiger partial charge in [0, 0.05) is 31.9 Å². The van der Waals surface area contributed by atoms with Gasteiger partial charge in [-0.15, -0.1) is 0 Å². The lowest BCUT2D eigenvalue weighted by atomic mass is 10.1. The zero-order valence-electron chi connectivity index (χ0n) is 15.7. The van der Waals surface area contributed by atoms with Crippen LogP contribution in [0.15, 0.2) is 42.5 Å². The standard InChI is InChI=1S/C21H21F3N2O3/c22-21(23,24)16-2-1-3-17(14-16)25-6-8-26(9-7-25)20(27)13-15-4-5-18-19(12-15)29-11-10-28-18/h1-5,12,14H,6-11,13H2. The summed E-state index contributed by atoms with van der Waals surface area (Å²) in [5.74, 6) is 1.32. The van der Waals surface area contributed by atoms with Crippen LogP contribution in [0, 0.1) is 0 Å². The molecule has 0 bridgehead atoms. The summed E-state index contributed by atoms with van der Waals surface area (Å²) in [5, 5.41) is 0. The molecule has 0 aliphatic carbocycles. The SMILES string of the molecule is O=C(Cc1ccc2c(c1)OCCO2)N1CCN(c2cccc(C(F)(F)F)c2)CC1. The number of piperazine rings is 1. The van der Waals surface area contributed by atoms with Crippen LogP contribution in [0.4, 0.5) is 18.9 Å². The first-order chi connectivity index (χ1) is 13.9. The van der Waals surface area contributed by atoms with E-state index >= 15 is 0 Å². The highest BCUT2D eigenvalue weighted by molar-refractivity contribution is 5.79. The molecule has 1 fully saturated rings. The van der Waals surface area contributed by atoms with Crippen molar-refractivity contribution in [3.8, 4) is 11.5 Å². The maximum atomic E-state index is 12.9. The second-order valence-corrected chi connectivity index (χ2v) is 7.07. The van der Waals surface area contributed by atoms with Crippen LogP contribution in [0.3, 0.4) is 0 Å². The van der Waals surface area contributed by atoms with Gasteiger partial charge in [0.25, 0.3) is 0 Å². The highest BCUT2D eigenvalue weighted by Gasteiger charge is 2.31. The number of carbonyl (C=O) groups is 1. The van der Waals surface area contributed by atoms with Gasteiger partial charge >= 0.3 is 6.18 Å². The number of fused-ring (bicyclic) bond motifs is 1. The number of alkyl halides is 3. The van der Waals surface area contributed by atoms with E-state index in [0.29, 0.717) is 56.6 Å². The number of carbonyl (C=O) groups excluding carboxylic acids is 1. The highest BCUT2D eigenvalue weighted by atomic mass is 19.4. The lowest BCUT2D eigenvalue weighted by molar-refractivity contribution is -0.137. The maximum absolute atomic E-state index is 12.9. The molecular formula is C21H21F3N2O3. The fourth-order valence-corrected chi connectivity index (χ4v) is 3.58. The van der Waals surface area contributed by atoms with Gasteiger partial charge in [-0.25, -0.2) is 0 Å². The Morgan fingerprint density at radius 2 is 1.66 bits per heavy atom.